The predicted octanol–water partition coefficient (Wildman–Crippen LogP) is 3.70. The fraction of sp³-hybridized carbons (Fsp3) is 0.545. The van der Waals surface area contributed by atoms with Gasteiger partial charge in [0.05, 0.1) is 12.7 Å². The number of amides is 2. The molecule has 146 valence electrons. The van der Waals surface area contributed by atoms with Crippen molar-refractivity contribution in [1.29, 1.82) is 0 Å². The molecule has 2 aliphatic rings. The Labute approximate surface area is 162 Å². The fourth-order valence-corrected chi connectivity index (χ4v) is 3.91. The first-order valence-corrected chi connectivity index (χ1v) is 10.1. The molecule has 0 aromatic heterocycles. The summed E-state index contributed by atoms with van der Waals surface area (Å²) in [5, 5.41) is 0. The average molecular weight is 370 g/mol. The van der Waals surface area contributed by atoms with Gasteiger partial charge in [0.1, 0.15) is 11.4 Å². The maximum atomic E-state index is 13.3. The molecule has 1 aromatic carbocycles. The normalized spacial score (nSPS) is 18.6. The molecule has 3 rings (SSSR count). The minimum atomic E-state index is -0.186. The first kappa shape index (κ1) is 19.5. The van der Waals surface area contributed by atoms with E-state index < -0.39 is 0 Å². The van der Waals surface area contributed by atoms with Crippen LogP contribution in [0.3, 0.4) is 0 Å². The average Bonchev–Trinajstić information content (AvgIpc) is 2.93. The molecule has 0 N–H and O–H groups in total. The number of imide groups is 1. The molecule has 0 saturated carbocycles. The number of hydrogen-bond acceptors (Lipinski definition) is 4. The Balaban J connectivity index is 2.01. The van der Waals surface area contributed by atoms with Crippen LogP contribution in [-0.2, 0) is 9.59 Å². The van der Waals surface area contributed by atoms with Crippen molar-refractivity contribution in [2.24, 2.45) is 5.92 Å². The molecule has 1 fully saturated rings. The van der Waals surface area contributed by atoms with E-state index in [0.29, 0.717) is 35.0 Å². The van der Waals surface area contributed by atoms with Gasteiger partial charge in [-0.2, -0.15) is 0 Å². The van der Waals surface area contributed by atoms with Crippen molar-refractivity contribution in [2.45, 2.75) is 46.0 Å². The quantitative estimate of drug-likeness (QED) is 0.542. The zero-order valence-electron chi connectivity index (χ0n) is 16.7. The van der Waals surface area contributed by atoms with Crippen LogP contribution in [-0.4, -0.2) is 48.4 Å². The number of benzene rings is 1. The third-order valence-corrected chi connectivity index (χ3v) is 5.60. The molecule has 1 aromatic rings. The molecule has 2 amide bonds. The highest BCUT2D eigenvalue weighted by atomic mass is 16.5. The van der Waals surface area contributed by atoms with Gasteiger partial charge in [0.2, 0.25) is 0 Å². The Morgan fingerprint density at radius 2 is 1.78 bits per heavy atom. The van der Waals surface area contributed by atoms with Crippen molar-refractivity contribution in [3.63, 3.8) is 0 Å². The summed E-state index contributed by atoms with van der Waals surface area (Å²) < 4.78 is 5.49. The standard InChI is InChI=1S/C22H30N2O3/c1-4-5-8-13-24-21(25)19(17-9-6-7-10-18(17)27-3)20(22(24)26)23-14-11-16(2)12-15-23/h6-7,9-10,16H,4-5,8,11-15H2,1-3H3. The molecule has 0 aliphatic carbocycles. The van der Waals surface area contributed by atoms with Gasteiger partial charge in [0.25, 0.3) is 11.8 Å². The van der Waals surface area contributed by atoms with Crippen molar-refractivity contribution in [3.05, 3.63) is 35.5 Å². The number of nitrogens with zero attached hydrogens (tertiary/aromatic N) is 2. The van der Waals surface area contributed by atoms with E-state index >= 15 is 0 Å². The third-order valence-electron chi connectivity index (χ3n) is 5.60. The largest absolute Gasteiger partial charge is 0.496 e. The summed E-state index contributed by atoms with van der Waals surface area (Å²) in [7, 11) is 1.60. The van der Waals surface area contributed by atoms with Gasteiger partial charge in [-0.25, -0.2) is 0 Å². The second-order valence-electron chi connectivity index (χ2n) is 7.56. The van der Waals surface area contributed by atoms with Crippen LogP contribution in [0, 0.1) is 5.92 Å². The number of methoxy groups -OCH3 is 1. The number of ether oxygens (including phenoxy) is 1. The second kappa shape index (κ2) is 8.59. The van der Waals surface area contributed by atoms with E-state index in [1.54, 1.807) is 7.11 Å². The van der Waals surface area contributed by atoms with Gasteiger partial charge in [0.15, 0.2) is 0 Å². The van der Waals surface area contributed by atoms with Gasteiger partial charge in [-0.3, -0.25) is 14.5 Å². The van der Waals surface area contributed by atoms with Crippen molar-refractivity contribution in [1.82, 2.24) is 9.80 Å². The molecule has 0 bridgehead atoms. The zero-order chi connectivity index (χ0) is 19.4. The number of para-hydroxylation sites is 1. The predicted molar refractivity (Wildman–Crippen MR) is 106 cm³/mol. The fourth-order valence-electron chi connectivity index (χ4n) is 3.91. The van der Waals surface area contributed by atoms with Crippen LogP contribution < -0.4 is 4.74 Å². The Hall–Kier alpha value is -2.30. The van der Waals surface area contributed by atoms with Gasteiger partial charge in [-0.1, -0.05) is 44.9 Å². The monoisotopic (exact) mass is 370 g/mol. The molecular weight excluding hydrogens is 340 g/mol. The Morgan fingerprint density at radius 3 is 2.44 bits per heavy atom. The molecule has 5 heteroatoms. The summed E-state index contributed by atoms with van der Waals surface area (Å²) in [5.74, 6) is 0.956. The van der Waals surface area contributed by atoms with Crippen LogP contribution in [0.5, 0.6) is 5.75 Å². The summed E-state index contributed by atoms with van der Waals surface area (Å²) in [4.78, 5) is 30.0. The van der Waals surface area contributed by atoms with E-state index in [9.17, 15) is 9.59 Å². The number of hydrogen-bond donors (Lipinski definition) is 0. The van der Waals surface area contributed by atoms with Crippen molar-refractivity contribution >= 4 is 17.4 Å². The summed E-state index contributed by atoms with van der Waals surface area (Å²) in [6.45, 7) is 6.48. The van der Waals surface area contributed by atoms with Crippen LogP contribution >= 0.6 is 0 Å². The van der Waals surface area contributed by atoms with Crippen molar-refractivity contribution in [3.8, 4) is 5.75 Å². The molecule has 5 nitrogen and oxygen atoms in total. The van der Waals surface area contributed by atoms with E-state index in [1.807, 2.05) is 24.3 Å². The van der Waals surface area contributed by atoms with E-state index in [-0.39, 0.29) is 11.8 Å². The number of rotatable bonds is 7. The Bertz CT molecular complexity index is 733. The minimum absolute atomic E-state index is 0.147. The third kappa shape index (κ3) is 3.87. The number of carbonyl (C=O) groups is 2. The lowest BCUT2D eigenvalue weighted by molar-refractivity contribution is -0.137. The molecule has 0 radical (unpaired) electrons. The molecule has 1 saturated heterocycles. The second-order valence-corrected chi connectivity index (χ2v) is 7.56. The van der Waals surface area contributed by atoms with Crippen molar-refractivity contribution in [2.75, 3.05) is 26.7 Å². The van der Waals surface area contributed by atoms with Crippen LogP contribution in [0.2, 0.25) is 0 Å². The van der Waals surface area contributed by atoms with Crippen molar-refractivity contribution < 1.29 is 14.3 Å². The van der Waals surface area contributed by atoms with E-state index in [4.69, 9.17) is 4.74 Å². The highest BCUT2D eigenvalue weighted by Gasteiger charge is 2.42. The number of likely N-dealkylation sites (tertiary alicyclic amines) is 1. The smallest absolute Gasteiger partial charge is 0.277 e. The lowest BCUT2D eigenvalue weighted by atomic mass is 9.97. The molecule has 0 atom stereocenters. The lowest BCUT2D eigenvalue weighted by Gasteiger charge is -2.32. The van der Waals surface area contributed by atoms with E-state index in [2.05, 4.69) is 18.7 Å². The van der Waals surface area contributed by atoms with Gasteiger partial charge in [-0.15, -0.1) is 0 Å². The highest BCUT2D eigenvalue weighted by molar-refractivity contribution is 6.36. The SMILES string of the molecule is CCCCCN1C(=O)C(c2ccccc2OC)=C(N2CCC(C)CC2)C1=O. The maximum Gasteiger partial charge on any atom is 0.277 e. The minimum Gasteiger partial charge on any atom is -0.496 e. The molecular formula is C22H30N2O3. The number of carbonyl (C=O) groups excluding carboxylic acids is 2. The Morgan fingerprint density at radius 1 is 1.07 bits per heavy atom. The summed E-state index contributed by atoms with van der Waals surface area (Å²) in [6.07, 6.45) is 5.00. The van der Waals surface area contributed by atoms with Gasteiger partial charge >= 0.3 is 0 Å². The van der Waals surface area contributed by atoms with E-state index in [1.165, 1.54) is 4.90 Å². The van der Waals surface area contributed by atoms with Gasteiger partial charge in [0, 0.05) is 25.2 Å². The zero-order valence-corrected chi connectivity index (χ0v) is 16.7. The highest BCUT2D eigenvalue weighted by Crippen LogP contribution is 2.37. The first-order chi connectivity index (χ1) is 13.1. The summed E-state index contributed by atoms with van der Waals surface area (Å²) >= 11 is 0. The van der Waals surface area contributed by atoms with Gasteiger partial charge < -0.3 is 9.64 Å². The lowest BCUT2D eigenvalue weighted by Crippen LogP contribution is -2.38. The number of piperidine rings is 1. The summed E-state index contributed by atoms with van der Waals surface area (Å²) in [6, 6.07) is 7.49. The van der Waals surface area contributed by atoms with Crippen LogP contribution in [0.4, 0.5) is 0 Å². The van der Waals surface area contributed by atoms with Gasteiger partial charge in [-0.05, 0) is 31.2 Å². The molecule has 0 spiro atoms. The van der Waals surface area contributed by atoms with Crippen LogP contribution in [0.25, 0.3) is 5.57 Å². The molecule has 2 aliphatic heterocycles. The number of unbranched alkanes of at least 4 members (excludes halogenated alkanes) is 2. The summed E-state index contributed by atoms with van der Waals surface area (Å²) in [5.41, 5.74) is 1.78. The van der Waals surface area contributed by atoms with Crippen LogP contribution in [0.15, 0.2) is 30.0 Å². The molecule has 27 heavy (non-hydrogen) atoms. The molecule has 2 heterocycles. The molecule has 0 unspecified atom stereocenters. The Kier molecular flexibility index (Phi) is 6.19. The first-order valence-electron chi connectivity index (χ1n) is 10.1. The van der Waals surface area contributed by atoms with Crippen LogP contribution in [0.1, 0.15) is 51.5 Å². The maximum absolute atomic E-state index is 13.3. The topological polar surface area (TPSA) is 49.9 Å². The van der Waals surface area contributed by atoms with E-state index in [0.717, 1.165) is 45.2 Å².